The van der Waals surface area contributed by atoms with Gasteiger partial charge in [0.15, 0.2) is 0 Å². The molecular formula is C42H78NO7P. The smallest absolute Gasteiger partial charge is 0.306 e. The van der Waals surface area contributed by atoms with E-state index in [-0.39, 0.29) is 25.8 Å². The largest absolute Gasteiger partial charge is 0.756 e. The molecule has 8 nitrogen and oxygen atoms in total. The Kier molecular flexibility index (Phi) is 34.4. The van der Waals surface area contributed by atoms with Gasteiger partial charge >= 0.3 is 5.97 Å². The third-order valence-corrected chi connectivity index (χ3v) is 9.33. The van der Waals surface area contributed by atoms with Crippen LogP contribution < -0.4 is 4.89 Å². The third-order valence-electron chi connectivity index (χ3n) is 8.36. The lowest BCUT2D eigenvalue weighted by atomic mass is 10.1. The number of carbonyl (C=O) groups excluding carboxylic acids is 1. The summed E-state index contributed by atoms with van der Waals surface area (Å²) in [6, 6.07) is 0. The highest BCUT2D eigenvalue weighted by atomic mass is 31.2. The molecule has 0 bridgehead atoms. The van der Waals surface area contributed by atoms with Crippen molar-refractivity contribution < 1.29 is 37.3 Å². The number of hydrogen-bond acceptors (Lipinski definition) is 7. The molecule has 0 heterocycles. The van der Waals surface area contributed by atoms with E-state index in [0.29, 0.717) is 24.1 Å². The Morgan fingerprint density at radius 1 is 0.627 bits per heavy atom. The van der Waals surface area contributed by atoms with E-state index in [2.05, 4.69) is 62.5 Å². The van der Waals surface area contributed by atoms with Gasteiger partial charge in [-0.3, -0.25) is 9.36 Å². The molecule has 0 amide bonds. The zero-order valence-electron chi connectivity index (χ0n) is 33.5. The molecule has 0 aromatic rings. The molecule has 51 heavy (non-hydrogen) atoms. The van der Waals surface area contributed by atoms with Crippen LogP contribution in [-0.4, -0.2) is 70.7 Å². The SMILES string of the molecule is CC/C=C\C/C=C\C/C=C\CCCCCCCCOCC(COP(=O)([O-])OCC[N+](C)(C)C)OC(=O)CCCCCCC/C=C\CCCCCC. The number of esters is 1. The summed E-state index contributed by atoms with van der Waals surface area (Å²) < 4.78 is 34.5. The van der Waals surface area contributed by atoms with Crippen LogP contribution in [0.3, 0.4) is 0 Å². The molecule has 0 spiro atoms. The predicted octanol–water partition coefficient (Wildman–Crippen LogP) is 11.0. The average molecular weight is 740 g/mol. The first-order chi connectivity index (χ1) is 24.6. The highest BCUT2D eigenvalue weighted by Gasteiger charge is 2.20. The molecule has 2 atom stereocenters. The maximum Gasteiger partial charge on any atom is 0.306 e. The summed E-state index contributed by atoms with van der Waals surface area (Å²) in [7, 11) is 1.33. The van der Waals surface area contributed by atoms with Gasteiger partial charge in [-0.2, -0.15) is 0 Å². The Labute approximate surface area is 314 Å². The fraction of sp³-hybridized carbons (Fsp3) is 0.786. The Morgan fingerprint density at radius 2 is 1.14 bits per heavy atom. The first-order valence-electron chi connectivity index (χ1n) is 20.4. The van der Waals surface area contributed by atoms with Gasteiger partial charge in [-0.1, -0.05) is 127 Å². The fourth-order valence-electron chi connectivity index (χ4n) is 5.20. The Balaban J connectivity index is 4.31. The van der Waals surface area contributed by atoms with Crippen molar-refractivity contribution in [2.45, 2.75) is 161 Å². The van der Waals surface area contributed by atoms with Crippen molar-refractivity contribution in [2.24, 2.45) is 0 Å². The van der Waals surface area contributed by atoms with Gasteiger partial charge in [0, 0.05) is 13.0 Å². The van der Waals surface area contributed by atoms with Crippen LogP contribution in [0.1, 0.15) is 155 Å². The summed E-state index contributed by atoms with van der Waals surface area (Å²) in [5.41, 5.74) is 0. The lowest BCUT2D eigenvalue weighted by Gasteiger charge is -2.28. The summed E-state index contributed by atoms with van der Waals surface area (Å²) in [4.78, 5) is 25.0. The van der Waals surface area contributed by atoms with E-state index in [0.717, 1.165) is 77.0 Å². The molecule has 0 rings (SSSR count). The van der Waals surface area contributed by atoms with Gasteiger partial charge in [0.25, 0.3) is 7.82 Å². The van der Waals surface area contributed by atoms with E-state index < -0.39 is 13.9 Å². The maximum absolute atomic E-state index is 12.6. The van der Waals surface area contributed by atoms with Crippen LogP contribution in [-0.2, 0) is 27.9 Å². The first kappa shape index (κ1) is 49.5. The molecular weight excluding hydrogens is 661 g/mol. The number of allylic oxidation sites excluding steroid dienone is 8. The summed E-state index contributed by atoms with van der Waals surface area (Å²) >= 11 is 0. The van der Waals surface area contributed by atoms with E-state index in [1.807, 2.05) is 21.1 Å². The lowest BCUT2D eigenvalue weighted by Crippen LogP contribution is -2.37. The summed E-state index contributed by atoms with van der Waals surface area (Å²) in [6.07, 6.45) is 41.2. The van der Waals surface area contributed by atoms with Crippen molar-refractivity contribution >= 4 is 13.8 Å². The second-order valence-electron chi connectivity index (χ2n) is 14.6. The van der Waals surface area contributed by atoms with Crippen LogP contribution in [0.2, 0.25) is 0 Å². The molecule has 0 aromatic carbocycles. The summed E-state index contributed by atoms with van der Waals surface area (Å²) in [5.74, 6) is -0.351. The quantitative estimate of drug-likeness (QED) is 0.0206. The molecule has 0 aliphatic carbocycles. The van der Waals surface area contributed by atoms with Gasteiger partial charge in [-0.25, -0.2) is 0 Å². The first-order valence-corrected chi connectivity index (χ1v) is 21.8. The molecule has 0 saturated carbocycles. The van der Waals surface area contributed by atoms with Gasteiger partial charge in [-0.05, 0) is 70.6 Å². The Morgan fingerprint density at radius 3 is 1.73 bits per heavy atom. The average Bonchev–Trinajstić information content (AvgIpc) is 3.08. The van der Waals surface area contributed by atoms with E-state index in [1.54, 1.807) is 0 Å². The van der Waals surface area contributed by atoms with Gasteiger partial charge < -0.3 is 27.9 Å². The number of phosphoric ester groups is 1. The molecule has 9 heteroatoms. The minimum absolute atomic E-state index is 0.0201. The van der Waals surface area contributed by atoms with E-state index in [1.165, 1.54) is 57.8 Å². The zero-order valence-corrected chi connectivity index (χ0v) is 34.4. The van der Waals surface area contributed by atoms with Crippen molar-refractivity contribution in [3.63, 3.8) is 0 Å². The fourth-order valence-corrected chi connectivity index (χ4v) is 5.93. The molecule has 0 aliphatic heterocycles. The van der Waals surface area contributed by atoms with E-state index >= 15 is 0 Å². The van der Waals surface area contributed by atoms with Crippen LogP contribution in [0.15, 0.2) is 48.6 Å². The highest BCUT2D eigenvalue weighted by molar-refractivity contribution is 7.45. The molecule has 0 aliphatic rings. The standard InChI is InChI=1S/C42H78NO7P/c1-6-8-10-12-14-16-18-20-21-22-24-26-28-30-32-34-37-47-39-41(40-49-51(45,46)48-38-36-43(3,4)5)50-42(44)35-33-31-29-27-25-23-19-17-15-13-11-9-7-2/h8,10,14,16-17,19-21,41H,6-7,9,11-13,15,18,22-40H2,1-5H3/b10-8-,16-14-,19-17-,21-20-. The molecule has 0 aromatic heterocycles. The highest BCUT2D eigenvalue weighted by Crippen LogP contribution is 2.38. The summed E-state index contributed by atoms with van der Waals surface area (Å²) in [6.45, 7) is 5.23. The zero-order chi connectivity index (χ0) is 37.7. The Hall–Kier alpha value is -1.54. The number of rotatable bonds is 37. The molecule has 0 saturated heterocycles. The number of unbranched alkanes of at least 4 members (excludes halogenated alkanes) is 15. The van der Waals surface area contributed by atoms with Crippen molar-refractivity contribution in [3.8, 4) is 0 Å². The molecule has 298 valence electrons. The number of quaternary nitrogens is 1. The third kappa shape index (κ3) is 39.5. The Bertz CT molecular complexity index is 957. The molecule has 0 N–H and O–H groups in total. The van der Waals surface area contributed by atoms with E-state index in [4.69, 9.17) is 18.5 Å². The van der Waals surface area contributed by atoms with Crippen molar-refractivity contribution in [1.82, 2.24) is 0 Å². The van der Waals surface area contributed by atoms with Crippen LogP contribution in [0.25, 0.3) is 0 Å². The van der Waals surface area contributed by atoms with Crippen molar-refractivity contribution in [2.75, 3.05) is 54.1 Å². The van der Waals surface area contributed by atoms with Gasteiger partial charge in [0.2, 0.25) is 0 Å². The van der Waals surface area contributed by atoms with Crippen LogP contribution >= 0.6 is 7.82 Å². The molecule has 0 fully saturated rings. The second-order valence-corrected chi connectivity index (χ2v) is 16.0. The monoisotopic (exact) mass is 740 g/mol. The van der Waals surface area contributed by atoms with Crippen LogP contribution in [0, 0.1) is 0 Å². The maximum atomic E-state index is 12.6. The summed E-state index contributed by atoms with van der Waals surface area (Å²) in [5, 5.41) is 0. The van der Waals surface area contributed by atoms with Crippen molar-refractivity contribution in [3.05, 3.63) is 48.6 Å². The topological polar surface area (TPSA) is 94.1 Å². The van der Waals surface area contributed by atoms with Gasteiger partial charge in [-0.15, -0.1) is 0 Å². The molecule has 2 unspecified atom stereocenters. The van der Waals surface area contributed by atoms with Gasteiger partial charge in [0.1, 0.15) is 19.3 Å². The normalized spacial score (nSPS) is 14.4. The second kappa shape index (κ2) is 35.5. The minimum atomic E-state index is -4.53. The van der Waals surface area contributed by atoms with Gasteiger partial charge in [0.05, 0.1) is 34.4 Å². The number of likely N-dealkylation sites (N-methyl/N-ethyl adjacent to an activating group) is 1. The number of carbonyl (C=O) groups is 1. The van der Waals surface area contributed by atoms with Crippen LogP contribution in [0.4, 0.5) is 0 Å². The number of nitrogens with zero attached hydrogens (tertiary/aromatic N) is 1. The predicted molar refractivity (Wildman–Crippen MR) is 213 cm³/mol. The van der Waals surface area contributed by atoms with Crippen LogP contribution in [0.5, 0.6) is 0 Å². The number of hydrogen-bond donors (Lipinski definition) is 0. The minimum Gasteiger partial charge on any atom is -0.756 e. The lowest BCUT2D eigenvalue weighted by molar-refractivity contribution is -0.870. The molecule has 0 radical (unpaired) electrons. The number of ether oxygens (including phenoxy) is 2. The van der Waals surface area contributed by atoms with Crippen molar-refractivity contribution in [1.29, 1.82) is 0 Å². The number of phosphoric acid groups is 1. The van der Waals surface area contributed by atoms with E-state index in [9.17, 15) is 14.3 Å².